The highest BCUT2D eigenvalue weighted by molar-refractivity contribution is 7.99. The van der Waals surface area contributed by atoms with E-state index in [-0.39, 0.29) is 0 Å². The van der Waals surface area contributed by atoms with Crippen molar-refractivity contribution >= 4 is 11.8 Å². The minimum absolute atomic E-state index is 0.560. The average molecular weight is 493 g/mol. The van der Waals surface area contributed by atoms with Crippen LogP contribution in [0.4, 0.5) is 0 Å². The summed E-state index contributed by atoms with van der Waals surface area (Å²) in [6.07, 6.45) is 25.7. The average Bonchev–Trinajstić information content (AvgIpc) is 2.86. The smallest absolute Gasteiger partial charge is 0.155 e. The standard InChI is InChI=1S/C31H56O2S/c1-2-3-4-5-6-12-15-21-27-33-31(32)26-29-34-28-22-16-13-10-8-7-9-11-14-18-23-30-24-19-17-20-25-30/h17,19-20,24-25,31-32H,2-16,18,21-23,26-29H2,1H3. The molecule has 0 aliphatic rings. The number of benzene rings is 1. The van der Waals surface area contributed by atoms with E-state index in [2.05, 4.69) is 37.3 Å². The van der Waals surface area contributed by atoms with Gasteiger partial charge in [0.05, 0.1) is 0 Å². The minimum atomic E-state index is -0.560. The molecule has 0 saturated carbocycles. The quantitative estimate of drug-likeness (QED) is 0.103. The summed E-state index contributed by atoms with van der Waals surface area (Å²) in [5.41, 5.74) is 1.49. The van der Waals surface area contributed by atoms with E-state index in [9.17, 15) is 5.11 Å². The van der Waals surface area contributed by atoms with Crippen LogP contribution in [0.3, 0.4) is 0 Å². The molecule has 0 aliphatic carbocycles. The third-order valence-electron chi connectivity index (χ3n) is 6.66. The second-order valence-corrected chi connectivity index (χ2v) is 11.2. The van der Waals surface area contributed by atoms with E-state index < -0.39 is 6.29 Å². The van der Waals surface area contributed by atoms with Crippen LogP contribution in [0.2, 0.25) is 0 Å². The Morgan fingerprint density at radius 1 is 0.647 bits per heavy atom. The van der Waals surface area contributed by atoms with Gasteiger partial charge in [-0.25, -0.2) is 0 Å². The number of aliphatic hydroxyl groups is 1. The molecule has 1 unspecified atom stereocenters. The second kappa shape index (κ2) is 25.6. The van der Waals surface area contributed by atoms with E-state index in [0.29, 0.717) is 6.61 Å². The molecule has 34 heavy (non-hydrogen) atoms. The number of rotatable bonds is 26. The molecule has 3 heteroatoms. The highest BCUT2D eigenvalue weighted by Gasteiger charge is 2.04. The monoisotopic (exact) mass is 492 g/mol. The molecule has 0 radical (unpaired) electrons. The first-order chi connectivity index (χ1) is 16.8. The number of ether oxygens (including phenoxy) is 1. The van der Waals surface area contributed by atoms with E-state index in [4.69, 9.17) is 4.74 Å². The van der Waals surface area contributed by atoms with Gasteiger partial charge in [0.2, 0.25) is 0 Å². The number of thioether (sulfide) groups is 1. The van der Waals surface area contributed by atoms with Gasteiger partial charge in [-0.1, -0.05) is 134 Å². The van der Waals surface area contributed by atoms with Gasteiger partial charge in [0, 0.05) is 13.0 Å². The van der Waals surface area contributed by atoms with Gasteiger partial charge in [-0.15, -0.1) is 0 Å². The summed E-state index contributed by atoms with van der Waals surface area (Å²) in [6, 6.07) is 10.9. The molecule has 0 bridgehead atoms. The van der Waals surface area contributed by atoms with Gasteiger partial charge in [-0.3, -0.25) is 0 Å². The fourth-order valence-corrected chi connectivity index (χ4v) is 5.40. The van der Waals surface area contributed by atoms with Crippen LogP contribution < -0.4 is 0 Å². The Balaban J connectivity index is 1.70. The van der Waals surface area contributed by atoms with Crippen molar-refractivity contribution in [2.45, 2.75) is 142 Å². The van der Waals surface area contributed by atoms with Crippen LogP contribution in [-0.2, 0) is 11.2 Å². The molecular formula is C31H56O2S. The van der Waals surface area contributed by atoms with Crippen LogP contribution in [0.1, 0.15) is 134 Å². The lowest BCUT2D eigenvalue weighted by atomic mass is 10.0. The Kier molecular flexibility index (Phi) is 23.7. The number of unbranched alkanes of at least 4 members (excludes halogenated alkanes) is 16. The van der Waals surface area contributed by atoms with E-state index in [1.54, 1.807) is 0 Å². The predicted molar refractivity (Wildman–Crippen MR) is 153 cm³/mol. The maximum absolute atomic E-state index is 9.96. The molecule has 1 aromatic carbocycles. The van der Waals surface area contributed by atoms with E-state index >= 15 is 0 Å². The van der Waals surface area contributed by atoms with Crippen molar-refractivity contribution in [3.63, 3.8) is 0 Å². The third kappa shape index (κ3) is 22.0. The van der Waals surface area contributed by atoms with Gasteiger partial charge < -0.3 is 9.84 Å². The molecule has 2 nitrogen and oxygen atoms in total. The molecule has 0 spiro atoms. The molecule has 198 valence electrons. The molecule has 1 N–H and O–H groups in total. The SMILES string of the molecule is CCCCCCCCCCOC(O)CCSCCCCCCCCCCCCc1ccccc1. The summed E-state index contributed by atoms with van der Waals surface area (Å²) < 4.78 is 5.56. The van der Waals surface area contributed by atoms with Crippen LogP contribution in [-0.4, -0.2) is 29.5 Å². The lowest BCUT2D eigenvalue weighted by molar-refractivity contribution is -0.100. The molecule has 0 fully saturated rings. The summed E-state index contributed by atoms with van der Waals surface area (Å²) >= 11 is 1.98. The number of hydrogen-bond acceptors (Lipinski definition) is 3. The van der Waals surface area contributed by atoms with Crippen molar-refractivity contribution in [3.05, 3.63) is 35.9 Å². The van der Waals surface area contributed by atoms with Gasteiger partial charge in [-0.05, 0) is 42.8 Å². The summed E-state index contributed by atoms with van der Waals surface area (Å²) in [7, 11) is 0. The van der Waals surface area contributed by atoms with Crippen LogP contribution in [0.5, 0.6) is 0 Å². The predicted octanol–water partition coefficient (Wildman–Crippen LogP) is 9.73. The zero-order chi connectivity index (χ0) is 24.4. The van der Waals surface area contributed by atoms with E-state index in [1.807, 2.05) is 11.8 Å². The second-order valence-electron chi connectivity index (χ2n) is 9.97. The molecule has 1 atom stereocenters. The highest BCUT2D eigenvalue weighted by atomic mass is 32.2. The molecule has 0 heterocycles. The van der Waals surface area contributed by atoms with Crippen molar-refractivity contribution in [1.82, 2.24) is 0 Å². The lowest BCUT2D eigenvalue weighted by Gasteiger charge is -2.11. The van der Waals surface area contributed by atoms with Crippen molar-refractivity contribution in [2.75, 3.05) is 18.1 Å². The zero-order valence-corrected chi connectivity index (χ0v) is 23.3. The molecule has 1 aromatic rings. The number of hydrogen-bond donors (Lipinski definition) is 1. The molecular weight excluding hydrogens is 436 g/mol. The van der Waals surface area contributed by atoms with Gasteiger partial charge >= 0.3 is 0 Å². The normalized spacial score (nSPS) is 12.3. The van der Waals surface area contributed by atoms with Crippen molar-refractivity contribution in [1.29, 1.82) is 0 Å². The molecule has 0 aromatic heterocycles. The Labute approximate surface area is 217 Å². The Morgan fingerprint density at radius 3 is 1.79 bits per heavy atom. The Morgan fingerprint density at radius 2 is 1.18 bits per heavy atom. The fourth-order valence-electron chi connectivity index (χ4n) is 4.42. The van der Waals surface area contributed by atoms with Gasteiger partial charge in [0.25, 0.3) is 0 Å². The first kappa shape index (κ1) is 31.5. The van der Waals surface area contributed by atoms with Crippen molar-refractivity contribution in [2.24, 2.45) is 0 Å². The van der Waals surface area contributed by atoms with Crippen LogP contribution >= 0.6 is 11.8 Å². The zero-order valence-electron chi connectivity index (χ0n) is 22.5. The minimum Gasteiger partial charge on any atom is -0.368 e. The molecule has 0 amide bonds. The highest BCUT2D eigenvalue weighted by Crippen LogP contribution is 2.15. The van der Waals surface area contributed by atoms with E-state index in [0.717, 1.165) is 18.6 Å². The summed E-state index contributed by atoms with van der Waals surface area (Å²) in [4.78, 5) is 0. The number of aryl methyl sites for hydroxylation is 1. The van der Waals surface area contributed by atoms with E-state index in [1.165, 1.54) is 127 Å². The molecule has 0 saturated heterocycles. The largest absolute Gasteiger partial charge is 0.368 e. The first-order valence-electron chi connectivity index (χ1n) is 14.7. The third-order valence-corrected chi connectivity index (χ3v) is 7.77. The van der Waals surface area contributed by atoms with Crippen molar-refractivity contribution < 1.29 is 9.84 Å². The van der Waals surface area contributed by atoms with Crippen molar-refractivity contribution in [3.8, 4) is 0 Å². The van der Waals surface area contributed by atoms with Crippen LogP contribution in [0.25, 0.3) is 0 Å². The maximum atomic E-state index is 9.96. The lowest BCUT2D eigenvalue weighted by Crippen LogP contribution is -2.13. The van der Waals surface area contributed by atoms with Crippen LogP contribution in [0, 0.1) is 0 Å². The van der Waals surface area contributed by atoms with Crippen LogP contribution in [0.15, 0.2) is 30.3 Å². The van der Waals surface area contributed by atoms with Gasteiger partial charge in [0.15, 0.2) is 6.29 Å². The Hall–Kier alpha value is -0.510. The van der Waals surface area contributed by atoms with Gasteiger partial charge in [-0.2, -0.15) is 11.8 Å². The molecule has 0 aliphatic heterocycles. The summed E-state index contributed by atoms with van der Waals surface area (Å²) in [5, 5.41) is 9.96. The summed E-state index contributed by atoms with van der Waals surface area (Å²) in [6.45, 7) is 2.98. The van der Waals surface area contributed by atoms with Gasteiger partial charge in [0.1, 0.15) is 0 Å². The fraction of sp³-hybridized carbons (Fsp3) is 0.806. The topological polar surface area (TPSA) is 29.5 Å². The Bertz CT molecular complexity index is 507. The summed E-state index contributed by atoms with van der Waals surface area (Å²) in [5.74, 6) is 2.25. The molecule has 1 rings (SSSR count). The number of aliphatic hydroxyl groups excluding tert-OH is 1. The first-order valence-corrected chi connectivity index (χ1v) is 15.9. The maximum Gasteiger partial charge on any atom is 0.155 e.